The lowest BCUT2D eigenvalue weighted by molar-refractivity contribution is 0.101. The van der Waals surface area contributed by atoms with Gasteiger partial charge < -0.3 is 19.7 Å². The number of carbonyl (C=O) groups excluding carboxylic acids is 2. The molecule has 0 spiro atoms. The number of rotatable bonds is 6. The molecular formula is C28H18Cl4N4O4. The van der Waals surface area contributed by atoms with Crippen molar-refractivity contribution in [2.75, 3.05) is 10.6 Å². The zero-order valence-corrected chi connectivity index (χ0v) is 23.8. The maximum atomic E-state index is 13.3. The molecule has 2 heterocycles. The molecule has 3 aromatic carbocycles. The molecule has 0 bridgehead atoms. The highest BCUT2D eigenvalue weighted by Crippen LogP contribution is 2.38. The van der Waals surface area contributed by atoms with Crippen molar-refractivity contribution in [3.05, 3.63) is 103 Å². The Hall–Kier alpha value is -3.82. The highest BCUT2D eigenvalue weighted by molar-refractivity contribution is 6.40. The van der Waals surface area contributed by atoms with E-state index in [9.17, 15) is 9.59 Å². The first-order valence-corrected chi connectivity index (χ1v) is 13.2. The van der Waals surface area contributed by atoms with Crippen molar-refractivity contribution in [1.82, 2.24) is 10.3 Å². The monoisotopic (exact) mass is 614 g/mol. The molecule has 0 aliphatic heterocycles. The van der Waals surface area contributed by atoms with Crippen LogP contribution in [-0.4, -0.2) is 22.1 Å². The molecule has 2 N–H and O–H groups in total. The number of aromatic nitrogens is 2. The van der Waals surface area contributed by atoms with Gasteiger partial charge in [-0.05, 0) is 56.3 Å². The number of halogens is 4. The summed E-state index contributed by atoms with van der Waals surface area (Å²) in [5, 5.41) is 14.9. The number of anilines is 2. The normalized spacial score (nSPS) is 10.9. The molecule has 0 fully saturated rings. The molecule has 0 saturated heterocycles. The van der Waals surface area contributed by atoms with Gasteiger partial charge in [-0.2, -0.15) is 0 Å². The zero-order chi connectivity index (χ0) is 28.6. The minimum Gasteiger partial charge on any atom is -0.360 e. The summed E-state index contributed by atoms with van der Waals surface area (Å²) < 4.78 is 10.6. The summed E-state index contributed by atoms with van der Waals surface area (Å²) in [6.45, 7) is 3.22. The van der Waals surface area contributed by atoms with E-state index < -0.39 is 11.8 Å². The summed E-state index contributed by atoms with van der Waals surface area (Å²) in [6, 6.07) is 16.5. The minimum absolute atomic E-state index is 0.172. The third-order valence-corrected chi connectivity index (χ3v) is 7.22. The molecular weight excluding hydrogens is 598 g/mol. The maximum absolute atomic E-state index is 13.3. The number of hydrogen-bond acceptors (Lipinski definition) is 6. The second-order valence-corrected chi connectivity index (χ2v) is 10.2. The Balaban J connectivity index is 1.40. The number of amides is 2. The molecule has 0 radical (unpaired) electrons. The maximum Gasteiger partial charge on any atom is 0.261 e. The van der Waals surface area contributed by atoms with E-state index >= 15 is 0 Å². The van der Waals surface area contributed by atoms with Crippen LogP contribution >= 0.6 is 46.4 Å². The summed E-state index contributed by atoms with van der Waals surface area (Å²) in [4.78, 5) is 26.6. The Morgan fingerprint density at radius 1 is 0.625 bits per heavy atom. The molecule has 40 heavy (non-hydrogen) atoms. The van der Waals surface area contributed by atoms with Gasteiger partial charge in [0.15, 0.2) is 0 Å². The fraction of sp³-hybridized carbons (Fsp3) is 0.0714. The number of aryl methyl sites for hydroxylation is 2. The number of nitrogens with one attached hydrogen (secondary N) is 2. The first-order valence-electron chi connectivity index (χ1n) is 11.7. The highest BCUT2D eigenvalue weighted by Gasteiger charge is 2.26. The number of nitrogens with zero attached hydrogens (tertiary/aromatic N) is 2. The van der Waals surface area contributed by atoms with E-state index in [1.165, 1.54) is 0 Å². The molecule has 0 aliphatic rings. The summed E-state index contributed by atoms with van der Waals surface area (Å²) in [6.07, 6.45) is 0. The van der Waals surface area contributed by atoms with Gasteiger partial charge in [-0.25, -0.2) is 0 Å². The summed E-state index contributed by atoms with van der Waals surface area (Å²) in [5.41, 5.74) is 2.33. The fourth-order valence-corrected chi connectivity index (χ4v) is 5.28. The van der Waals surface area contributed by atoms with Crippen LogP contribution in [0.25, 0.3) is 22.5 Å². The Kier molecular flexibility index (Phi) is 7.87. The molecule has 0 unspecified atom stereocenters. The predicted molar refractivity (Wildman–Crippen MR) is 156 cm³/mol. The van der Waals surface area contributed by atoms with Crippen LogP contribution in [0.5, 0.6) is 0 Å². The molecule has 0 atom stereocenters. The summed E-state index contributed by atoms with van der Waals surface area (Å²) >= 11 is 25.3. The lowest BCUT2D eigenvalue weighted by Gasteiger charge is -2.11. The molecule has 5 rings (SSSR count). The van der Waals surface area contributed by atoms with Gasteiger partial charge in [-0.15, -0.1) is 0 Å². The van der Waals surface area contributed by atoms with E-state index in [1.807, 2.05) is 0 Å². The zero-order valence-electron chi connectivity index (χ0n) is 20.8. The van der Waals surface area contributed by atoms with Crippen molar-refractivity contribution in [3.8, 4) is 22.5 Å². The molecule has 8 nitrogen and oxygen atoms in total. The topological polar surface area (TPSA) is 110 Å². The van der Waals surface area contributed by atoms with Crippen LogP contribution < -0.4 is 10.6 Å². The quantitative estimate of drug-likeness (QED) is 0.198. The van der Waals surface area contributed by atoms with Gasteiger partial charge in [-0.1, -0.05) is 74.9 Å². The number of carbonyl (C=O) groups is 2. The molecule has 2 amide bonds. The van der Waals surface area contributed by atoms with Gasteiger partial charge >= 0.3 is 0 Å². The number of benzene rings is 3. The van der Waals surface area contributed by atoms with E-state index in [1.54, 1.807) is 74.5 Å². The highest BCUT2D eigenvalue weighted by atomic mass is 35.5. The van der Waals surface area contributed by atoms with Gasteiger partial charge in [0.1, 0.15) is 34.0 Å². The second kappa shape index (κ2) is 11.3. The Morgan fingerprint density at radius 3 is 1.35 bits per heavy atom. The van der Waals surface area contributed by atoms with Gasteiger partial charge in [0.2, 0.25) is 0 Å². The van der Waals surface area contributed by atoms with Crippen molar-refractivity contribution in [2.45, 2.75) is 13.8 Å². The van der Waals surface area contributed by atoms with Gasteiger partial charge in [0.05, 0.1) is 20.1 Å². The van der Waals surface area contributed by atoms with Crippen LogP contribution in [0, 0.1) is 13.8 Å². The minimum atomic E-state index is -0.501. The van der Waals surface area contributed by atoms with Crippen molar-refractivity contribution >= 4 is 69.6 Å². The lowest BCUT2D eigenvalue weighted by Crippen LogP contribution is -2.15. The first-order chi connectivity index (χ1) is 19.2. The Morgan fingerprint density at radius 2 is 0.975 bits per heavy atom. The molecule has 5 aromatic rings. The van der Waals surface area contributed by atoms with Crippen LogP contribution in [0.2, 0.25) is 20.1 Å². The van der Waals surface area contributed by atoms with E-state index in [4.69, 9.17) is 55.4 Å². The van der Waals surface area contributed by atoms with Gasteiger partial charge in [0, 0.05) is 22.5 Å². The Labute approximate surface area is 248 Å². The van der Waals surface area contributed by atoms with E-state index in [2.05, 4.69) is 20.9 Å². The SMILES string of the molecule is Cc1onc(-c2c(Cl)cccc2Cl)c1C(=O)Nc1cccc(NC(=O)c2c(-c3c(Cl)cccc3Cl)noc2C)c1. The first kappa shape index (κ1) is 27.7. The third kappa shape index (κ3) is 5.31. The largest absolute Gasteiger partial charge is 0.360 e. The third-order valence-electron chi connectivity index (χ3n) is 5.96. The molecule has 0 aliphatic carbocycles. The lowest BCUT2D eigenvalue weighted by atomic mass is 10.0. The number of hydrogen-bond donors (Lipinski definition) is 2. The van der Waals surface area contributed by atoms with Crippen LogP contribution in [0.4, 0.5) is 11.4 Å². The van der Waals surface area contributed by atoms with Crippen molar-refractivity contribution in [2.24, 2.45) is 0 Å². The van der Waals surface area contributed by atoms with Crippen LogP contribution in [0.15, 0.2) is 69.7 Å². The molecule has 2 aromatic heterocycles. The second-order valence-electron chi connectivity index (χ2n) is 8.61. The van der Waals surface area contributed by atoms with Gasteiger partial charge in [-0.3, -0.25) is 9.59 Å². The summed E-state index contributed by atoms with van der Waals surface area (Å²) in [5.74, 6) is -0.444. The van der Waals surface area contributed by atoms with E-state index in [0.717, 1.165) is 0 Å². The van der Waals surface area contributed by atoms with Crippen molar-refractivity contribution in [3.63, 3.8) is 0 Å². The molecule has 0 saturated carbocycles. The average Bonchev–Trinajstić information content (AvgIpc) is 3.46. The smallest absolute Gasteiger partial charge is 0.261 e. The van der Waals surface area contributed by atoms with Crippen molar-refractivity contribution in [1.29, 1.82) is 0 Å². The van der Waals surface area contributed by atoms with E-state index in [-0.39, 0.29) is 34.0 Å². The molecule has 12 heteroatoms. The van der Waals surface area contributed by atoms with Crippen LogP contribution in [0.3, 0.4) is 0 Å². The van der Waals surface area contributed by atoms with Gasteiger partial charge in [0.25, 0.3) is 11.8 Å². The fourth-order valence-electron chi connectivity index (χ4n) is 4.13. The van der Waals surface area contributed by atoms with E-state index in [0.29, 0.717) is 42.6 Å². The summed E-state index contributed by atoms with van der Waals surface area (Å²) in [7, 11) is 0. The molecule has 202 valence electrons. The average molecular weight is 616 g/mol. The Bertz CT molecular complexity index is 1610. The van der Waals surface area contributed by atoms with Crippen LogP contribution in [0.1, 0.15) is 32.2 Å². The van der Waals surface area contributed by atoms with Crippen molar-refractivity contribution < 1.29 is 18.6 Å². The standard InChI is InChI=1S/C28H18Cl4N4O4/c1-13-21(25(35-39-13)23-17(29)8-4-9-18(23)30)27(37)33-15-6-3-7-16(12-15)34-28(38)22-14(2)40-36-26(22)24-19(31)10-5-11-20(24)32/h3-12H,1-2H3,(H,33,37)(H,34,38). The predicted octanol–water partition coefficient (Wildman–Crippen LogP) is 8.73. The van der Waals surface area contributed by atoms with Crippen LogP contribution in [-0.2, 0) is 0 Å².